The predicted octanol–water partition coefficient (Wildman–Crippen LogP) is 6.86. The van der Waals surface area contributed by atoms with E-state index >= 15 is 0 Å². The third kappa shape index (κ3) is 8.93. The Kier molecular flexibility index (Phi) is 11.3. The summed E-state index contributed by atoms with van der Waals surface area (Å²) < 4.78 is 6.14. The molecule has 246 valence electrons. The number of ether oxygens (including phenoxy) is 1. The molecule has 0 aromatic heterocycles. The maximum absolute atomic E-state index is 13.0. The number of aliphatic hydroxyl groups is 1. The molecule has 0 amide bonds. The first-order valence-electron chi connectivity index (χ1n) is 16.2. The summed E-state index contributed by atoms with van der Waals surface area (Å²) in [6.07, 6.45) is 22.3. The standard InChI is InChI=1S/C40H54O5/c1-28(17-13-18-30(3)21-22-35-36(5,6)23-32(41)25-38(35,9)44)15-11-12-16-29(2)19-14-20-31(4)34(43)27-40-37(7,8)24-33(42)26-39(40,10)45-40/h11-21,32-33,44H,23-27H2,1-10H3/q-2/b12-11+,17-13+,19-14+,28-15+,29-16+,30-18+,31-20+/t22?,32?,33?,38-,39?,40?/m1/s1. The van der Waals surface area contributed by atoms with Crippen LogP contribution in [0.4, 0.5) is 0 Å². The first-order chi connectivity index (χ1) is 20.7. The van der Waals surface area contributed by atoms with E-state index in [-0.39, 0.29) is 23.0 Å². The van der Waals surface area contributed by atoms with Crippen molar-refractivity contribution in [1.82, 2.24) is 0 Å². The van der Waals surface area contributed by atoms with E-state index in [0.29, 0.717) is 31.3 Å². The van der Waals surface area contributed by atoms with Crippen molar-refractivity contribution in [3.63, 3.8) is 0 Å². The molecule has 5 atom stereocenters. The van der Waals surface area contributed by atoms with Crippen LogP contribution in [-0.4, -0.2) is 39.9 Å². The summed E-state index contributed by atoms with van der Waals surface area (Å²) in [5, 5.41) is 35.2. The molecule has 1 heterocycles. The molecule has 2 saturated carbocycles. The zero-order chi connectivity index (χ0) is 33.8. The first-order valence-corrected chi connectivity index (χ1v) is 16.2. The highest BCUT2D eigenvalue weighted by Gasteiger charge is 2.75. The zero-order valence-electron chi connectivity index (χ0n) is 29.1. The van der Waals surface area contributed by atoms with E-state index in [1.165, 1.54) is 0 Å². The minimum atomic E-state index is -1.13. The molecule has 3 aliphatic rings. The number of rotatable bonds is 10. The van der Waals surface area contributed by atoms with Gasteiger partial charge >= 0.3 is 0 Å². The fourth-order valence-corrected chi connectivity index (χ4v) is 7.41. The molecule has 0 radical (unpaired) electrons. The lowest BCUT2D eigenvalue weighted by Crippen LogP contribution is -2.51. The normalized spacial score (nSPS) is 33.9. The number of carbonyl (C=O) groups is 1. The van der Waals surface area contributed by atoms with Gasteiger partial charge < -0.3 is 20.1 Å². The second-order valence-corrected chi connectivity index (χ2v) is 15.2. The molecular weight excluding hydrogens is 560 g/mol. The molecule has 4 unspecified atom stereocenters. The van der Waals surface area contributed by atoms with E-state index in [0.717, 1.165) is 22.3 Å². The quantitative estimate of drug-likeness (QED) is 0.126. The molecule has 1 aliphatic heterocycles. The zero-order valence-corrected chi connectivity index (χ0v) is 29.1. The van der Waals surface area contributed by atoms with Crippen LogP contribution in [0, 0.1) is 10.8 Å². The molecule has 5 heteroatoms. The van der Waals surface area contributed by atoms with Gasteiger partial charge in [-0.2, -0.15) is 0 Å². The molecule has 45 heavy (non-hydrogen) atoms. The molecule has 1 saturated heterocycles. The van der Waals surface area contributed by atoms with Gasteiger partial charge in [-0.25, -0.2) is 0 Å². The highest BCUT2D eigenvalue weighted by molar-refractivity contribution is 5.96. The topological polar surface area (TPSA) is 96.0 Å². The molecule has 3 fully saturated rings. The van der Waals surface area contributed by atoms with Crippen molar-refractivity contribution in [3.8, 4) is 0 Å². The number of fused-ring (bicyclic) bond motifs is 1. The van der Waals surface area contributed by atoms with E-state index in [4.69, 9.17) is 4.74 Å². The number of hydrogen-bond acceptors (Lipinski definition) is 5. The lowest BCUT2D eigenvalue weighted by Gasteiger charge is -2.48. The average molecular weight is 615 g/mol. The molecule has 5 nitrogen and oxygen atoms in total. The fourth-order valence-electron chi connectivity index (χ4n) is 7.41. The molecule has 0 aromatic carbocycles. The summed E-state index contributed by atoms with van der Waals surface area (Å²) in [5.74, 6) is 0.0638. The minimum Gasteiger partial charge on any atom is -0.852 e. The van der Waals surface area contributed by atoms with Gasteiger partial charge in [0.2, 0.25) is 0 Å². The Labute approximate surface area is 271 Å². The van der Waals surface area contributed by atoms with Crippen molar-refractivity contribution in [2.45, 2.75) is 130 Å². The van der Waals surface area contributed by atoms with E-state index < -0.39 is 29.0 Å². The van der Waals surface area contributed by atoms with Crippen LogP contribution in [0.25, 0.3) is 0 Å². The number of Topliss-reactive ketones (excluding diaryl/α,β-unsaturated/α-hetero) is 1. The van der Waals surface area contributed by atoms with Gasteiger partial charge in [0.15, 0.2) is 5.78 Å². The van der Waals surface area contributed by atoms with E-state index in [1.54, 1.807) is 6.92 Å². The number of allylic oxidation sites excluding steroid dienone is 14. The van der Waals surface area contributed by atoms with Crippen LogP contribution in [0.5, 0.6) is 0 Å². The molecule has 3 rings (SSSR count). The number of epoxide rings is 1. The van der Waals surface area contributed by atoms with Crippen molar-refractivity contribution >= 4 is 5.78 Å². The van der Waals surface area contributed by atoms with E-state index in [2.05, 4.69) is 19.6 Å². The van der Waals surface area contributed by atoms with Gasteiger partial charge in [-0.1, -0.05) is 112 Å². The maximum atomic E-state index is 13.0. The maximum Gasteiger partial charge on any atom is 0.161 e. The molecule has 0 aromatic rings. The molecule has 1 N–H and O–H groups in total. The van der Waals surface area contributed by atoms with Crippen LogP contribution >= 0.6 is 0 Å². The summed E-state index contributed by atoms with van der Waals surface area (Å²) in [6, 6.07) is 0. The monoisotopic (exact) mass is 614 g/mol. The Hall–Kier alpha value is -2.79. The summed E-state index contributed by atoms with van der Waals surface area (Å²) in [5.41, 5.74) is 5.06. The lowest BCUT2D eigenvalue weighted by atomic mass is 9.61. The molecule has 2 aliphatic carbocycles. The largest absolute Gasteiger partial charge is 0.852 e. The van der Waals surface area contributed by atoms with Crippen LogP contribution in [0.1, 0.15) is 101 Å². The average Bonchev–Trinajstić information content (AvgIpc) is 3.49. The Morgan fingerprint density at radius 3 is 1.89 bits per heavy atom. The number of hydrogen-bond donors (Lipinski definition) is 1. The highest BCUT2D eigenvalue weighted by atomic mass is 16.6. The Morgan fingerprint density at radius 2 is 1.33 bits per heavy atom. The van der Waals surface area contributed by atoms with Gasteiger partial charge in [0.05, 0.1) is 11.2 Å². The third-order valence-corrected chi connectivity index (χ3v) is 9.79. The summed E-state index contributed by atoms with van der Waals surface area (Å²) >= 11 is 0. The second kappa shape index (κ2) is 13.9. The van der Waals surface area contributed by atoms with E-state index in [9.17, 15) is 20.1 Å². The van der Waals surface area contributed by atoms with Gasteiger partial charge in [-0.3, -0.25) is 4.79 Å². The smallest absolute Gasteiger partial charge is 0.161 e. The molecule has 0 bridgehead atoms. The molecular formula is C40H54O5-2. The predicted molar refractivity (Wildman–Crippen MR) is 180 cm³/mol. The van der Waals surface area contributed by atoms with Crippen molar-refractivity contribution < 1.29 is 24.9 Å². The Bertz CT molecular complexity index is 1400. The second-order valence-electron chi connectivity index (χ2n) is 15.2. The first kappa shape index (κ1) is 36.7. The summed E-state index contributed by atoms with van der Waals surface area (Å²) in [6.45, 7) is 19.7. The van der Waals surface area contributed by atoms with Gasteiger partial charge in [-0.05, 0) is 82.4 Å². The summed E-state index contributed by atoms with van der Waals surface area (Å²) in [4.78, 5) is 13.0. The number of carbonyl (C=O) groups excluding carboxylic acids is 1. The van der Waals surface area contributed by atoms with Crippen molar-refractivity contribution in [2.24, 2.45) is 10.8 Å². The fraction of sp³-hybridized carbons (Fsp3) is 0.550. The summed E-state index contributed by atoms with van der Waals surface area (Å²) in [7, 11) is 0. The highest BCUT2D eigenvalue weighted by Crippen LogP contribution is 2.66. The molecule has 0 spiro atoms. The van der Waals surface area contributed by atoms with Crippen LogP contribution in [0.15, 0.2) is 100 Å². The Morgan fingerprint density at radius 1 is 0.800 bits per heavy atom. The van der Waals surface area contributed by atoms with Crippen LogP contribution in [-0.2, 0) is 9.53 Å². The Balaban J connectivity index is 1.53. The van der Waals surface area contributed by atoms with Crippen LogP contribution in [0.2, 0.25) is 0 Å². The van der Waals surface area contributed by atoms with Crippen molar-refractivity contribution in [1.29, 1.82) is 0 Å². The van der Waals surface area contributed by atoms with Crippen LogP contribution < -0.4 is 10.2 Å². The van der Waals surface area contributed by atoms with Crippen LogP contribution in [0.3, 0.4) is 0 Å². The van der Waals surface area contributed by atoms with Gasteiger partial charge in [-0.15, -0.1) is 17.9 Å². The lowest BCUT2D eigenvalue weighted by molar-refractivity contribution is -0.434. The van der Waals surface area contributed by atoms with Crippen molar-refractivity contribution in [3.05, 3.63) is 100 Å². The SMILES string of the molecule is C\C(C=C=C1C(C)(C)CC([O-])C[C@@]1(C)O)=C/C=C/C(C)=C/C=C/C=C(C)/C=C/C=C(\C)C(=O)CC12OC1(C)CC([O-])CC2(C)C. The minimum absolute atomic E-state index is 0.0638. The van der Waals surface area contributed by atoms with Gasteiger partial charge in [0, 0.05) is 12.0 Å². The van der Waals surface area contributed by atoms with Gasteiger partial charge in [0.1, 0.15) is 5.60 Å². The van der Waals surface area contributed by atoms with Crippen molar-refractivity contribution in [2.75, 3.05) is 0 Å². The number of ketones is 1. The van der Waals surface area contributed by atoms with E-state index in [1.807, 2.05) is 115 Å². The van der Waals surface area contributed by atoms with Gasteiger partial charge in [0.25, 0.3) is 0 Å². The third-order valence-electron chi connectivity index (χ3n) is 9.79.